The number of rotatable bonds is 1. The molecule has 0 fully saturated rings. The molecule has 2 heterocycles. The van der Waals surface area contributed by atoms with E-state index >= 15 is 0 Å². The van der Waals surface area contributed by atoms with Crippen LogP contribution in [0, 0.1) is 17.5 Å². The van der Waals surface area contributed by atoms with Crippen molar-refractivity contribution in [1.82, 2.24) is 9.88 Å². The summed E-state index contributed by atoms with van der Waals surface area (Å²) < 4.78 is 40.2. The number of anilines is 1. The van der Waals surface area contributed by atoms with Crippen LogP contribution in [0.2, 0.25) is 0 Å². The molecular weight excluding hydrogens is 303 g/mol. The number of benzene rings is 1. The predicted octanol–water partition coefficient (Wildman–Crippen LogP) is 0.721. The molecule has 2 amide bonds. The van der Waals surface area contributed by atoms with Crippen molar-refractivity contribution in [2.45, 2.75) is 0 Å². The van der Waals surface area contributed by atoms with Gasteiger partial charge in [0.25, 0.3) is 17.4 Å². The first-order valence-corrected chi connectivity index (χ1v) is 5.87. The van der Waals surface area contributed by atoms with E-state index in [1.165, 1.54) is 0 Å². The van der Waals surface area contributed by atoms with Crippen LogP contribution in [-0.4, -0.2) is 16.4 Å². The smallest absolute Gasteiger partial charge is 0.262 e. The maximum Gasteiger partial charge on any atom is 0.262 e. The quantitative estimate of drug-likeness (QED) is 0.599. The molecule has 1 aliphatic heterocycles. The summed E-state index contributed by atoms with van der Waals surface area (Å²) in [6, 6.07) is 1.92. The largest absolute Gasteiger partial charge is 0.384 e. The van der Waals surface area contributed by atoms with E-state index in [4.69, 9.17) is 5.73 Å². The number of nitrogen functional groups attached to an aromatic ring is 1. The SMILES string of the molecule is Nc1c2c(cc(=O)n1-c1cc(F)c(F)c(F)c1)C(=O)NC2=O. The maximum absolute atomic E-state index is 13.3. The Bertz CT molecular complexity index is 898. The third kappa shape index (κ3) is 1.79. The molecule has 0 saturated carbocycles. The van der Waals surface area contributed by atoms with Gasteiger partial charge in [0.15, 0.2) is 17.5 Å². The zero-order valence-corrected chi connectivity index (χ0v) is 10.6. The molecular formula is C13H6F3N3O3. The van der Waals surface area contributed by atoms with Crippen LogP contribution in [0.15, 0.2) is 23.0 Å². The van der Waals surface area contributed by atoms with Crippen molar-refractivity contribution < 1.29 is 22.8 Å². The summed E-state index contributed by atoms with van der Waals surface area (Å²) in [5, 5.41) is 1.94. The number of hydrogen-bond acceptors (Lipinski definition) is 4. The predicted molar refractivity (Wildman–Crippen MR) is 68.1 cm³/mol. The summed E-state index contributed by atoms with van der Waals surface area (Å²) >= 11 is 0. The molecule has 9 heteroatoms. The summed E-state index contributed by atoms with van der Waals surface area (Å²) in [5.74, 6) is -6.87. The number of nitrogens with one attached hydrogen (secondary N) is 1. The topological polar surface area (TPSA) is 94.2 Å². The molecule has 1 aromatic carbocycles. The number of carbonyl (C=O) groups excluding carboxylic acids is 2. The van der Waals surface area contributed by atoms with Gasteiger partial charge in [-0.25, -0.2) is 13.2 Å². The number of carbonyl (C=O) groups is 2. The lowest BCUT2D eigenvalue weighted by atomic mass is 10.1. The van der Waals surface area contributed by atoms with Gasteiger partial charge in [-0.1, -0.05) is 0 Å². The number of nitrogens with two attached hydrogens (primary N) is 1. The zero-order chi connectivity index (χ0) is 16.2. The lowest BCUT2D eigenvalue weighted by Gasteiger charge is -2.12. The molecule has 0 saturated heterocycles. The van der Waals surface area contributed by atoms with Gasteiger partial charge in [-0.05, 0) is 0 Å². The molecule has 2 aromatic rings. The second kappa shape index (κ2) is 4.45. The van der Waals surface area contributed by atoms with Gasteiger partial charge in [-0.15, -0.1) is 0 Å². The highest BCUT2D eigenvalue weighted by Gasteiger charge is 2.32. The van der Waals surface area contributed by atoms with E-state index in [-0.39, 0.29) is 11.1 Å². The molecule has 1 aliphatic rings. The highest BCUT2D eigenvalue weighted by Crippen LogP contribution is 2.24. The Balaban J connectivity index is 2.35. The van der Waals surface area contributed by atoms with Gasteiger partial charge in [0.05, 0.1) is 16.8 Å². The normalized spacial score (nSPS) is 13.2. The van der Waals surface area contributed by atoms with Crippen LogP contribution in [0.4, 0.5) is 19.0 Å². The number of pyridine rings is 1. The second-order valence-corrected chi connectivity index (χ2v) is 4.50. The average Bonchev–Trinajstić information content (AvgIpc) is 2.71. The molecule has 0 atom stereocenters. The first kappa shape index (κ1) is 13.9. The number of halogens is 3. The molecule has 0 radical (unpaired) electrons. The lowest BCUT2D eigenvalue weighted by Crippen LogP contribution is -2.24. The van der Waals surface area contributed by atoms with Crippen LogP contribution >= 0.6 is 0 Å². The average molecular weight is 309 g/mol. The highest BCUT2D eigenvalue weighted by molar-refractivity contribution is 6.23. The van der Waals surface area contributed by atoms with Crippen LogP contribution in [0.25, 0.3) is 5.69 Å². The Labute approximate surface area is 120 Å². The number of nitrogens with zero attached hydrogens (tertiary/aromatic N) is 1. The molecule has 1 aromatic heterocycles. The first-order valence-electron chi connectivity index (χ1n) is 5.87. The standard InChI is InChI=1S/C13H6F3N3O3/c14-6-1-4(2-7(15)10(6)16)19-8(20)3-5-9(11(19)17)13(22)18-12(5)21/h1-3H,17H2,(H,18,21,22). The Hall–Kier alpha value is -3.10. The van der Waals surface area contributed by atoms with E-state index < -0.39 is 46.3 Å². The molecule has 3 N–H and O–H groups in total. The molecule has 6 nitrogen and oxygen atoms in total. The van der Waals surface area contributed by atoms with E-state index in [1.54, 1.807) is 0 Å². The summed E-state index contributed by atoms with van der Waals surface area (Å²) in [6.45, 7) is 0. The van der Waals surface area contributed by atoms with Crippen molar-refractivity contribution in [3.8, 4) is 5.69 Å². The number of fused-ring (bicyclic) bond motifs is 1. The Morgan fingerprint density at radius 1 is 0.955 bits per heavy atom. The third-order valence-electron chi connectivity index (χ3n) is 3.18. The fourth-order valence-electron chi connectivity index (χ4n) is 2.22. The minimum Gasteiger partial charge on any atom is -0.384 e. The van der Waals surface area contributed by atoms with E-state index in [0.717, 1.165) is 6.07 Å². The van der Waals surface area contributed by atoms with E-state index in [2.05, 4.69) is 0 Å². The first-order chi connectivity index (χ1) is 10.3. The fourth-order valence-corrected chi connectivity index (χ4v) is 2.22. The van der Waals surface area contributed by atoms with Crippen LogP contribution in [0.1, 0.15) is 20.7 Å². The van der Waals surface area contributed by atoms with Gasteiger partial charge in [0, 0.05) is 18.2 Å². The van der Waals surface area contributed by atoms with Crippen LogP contribution in [0.5, 0.6) is 0 Å². The monoisotopic (exact) mass is 309 g/mol. The van der Waals surface area contributed by atoms with E-state index in [9.17, 15) is 27.6 Å². The highest BCUT2D eigenvalue weighted by atomic mass is 19.2. The fraction of sp³-hybridized carbons (Fsp3) is 0. The Morgan fingerprint density at radius 2 is 1.55 bits per heavy atom. The van der Waals surface area contributed by atoms with Gasteiger partial charge in [0.1, 0.15) is 5.82 Å². The molecule has 0 spiro atoms. The maximum atomic E-state index is 13.3. The van der Waals surface area contributed by atoms with Crippen molar-refractivity contribution in [2.75, 3.05) is 5.73 Å². The number of hydrogen-bond donors (Lipinski definition) is 2. The third-order valence-corrected chi connectivity index (χ3v) is 3.18. The summed E-state index contributed by atoms with van der Waals surface area (Å²) in [5.41, 5.74) is 3.85. The van der Waals surface area contributed by atoms with Crippen molar-refractivity contribution >= 4 is 17.6 Å². The van der Waals surface area contributed by atoms with Gasteiger partial charge in [-0.3, -0.25) is 24.3 Å². The zero-order valence-electron chi connectivity index (χ0n) is 10.6. The molecule has 0 bridgehead atoms. The molecule has 112 valence electrons. The molecule has 22 heavy (non-hydrogen) atoms. The minimum absolute atomic E-state index is 0.230. The number of amides is 2. The summed E-state index contributed by atoms with van der Waals surface area (Å²) in [4.78, 5) is 35.1. The van der Waals surface area contributed by atoms with E-state index in [0.29, 0.717) is 16.7 Å². The van der Waals surface area contributed by atoms with Crippen molar-refractivity contribution in [1.29, 1.82) is 0 Å². The van der Waals surface area contributed by atoms with Crippen LogP contribution in [0.3, 0.4) is 0 Å². The van der Waals surface area contributed by atoms with Crippen molar-refractivity contribution in [2.24, 2.45) is 0 Å². The van der Waals surface area contributed by atoms with Gasteiger partial charge >= 0.3 is 0 Å². The van der Waals surface area contributed by atoms with Crippen molar-refractivity contribution in [3.05, 3.63) is 57.1 Å². The molecule has 0 aliphatic carbocycles. The summed E-state index contributed by atoms with van der Waals surface area (Å²) in [6.07, 6.45) is 0. The minimum atomic E-state index is -1.70. The lowest BCUT2D eigenvalue weighted by molar-refractivity contribution is 0.0880. The molecule has 0 unspecified atom stereocenters. The Morgan fingerprint density at radius 3 is 2.14 bits per heavy atom. The van der Waals surface area contributed by atoms with Gasteiger partial charge in [-0.2, -0.15) is 0 Å². The van der Waals surface area contributed by atoms with Crippen molar-refractivity contribution in [3.63, 3.8) is 0 Å². The second-order valence-electron chi connectivity index (χ2n) is 4.50. The Kier molecular flexibility index (Phi) is 2.80. The number of aromatic nitrogens is 1. The summed E-state index contributed by atoms with van der Waals surface area (Å²) in [7, 11) is 0. The van der Waals surface area contributed by atoms with E-state index in [1.807, 2.05) is 5.32 Å². The van der Waals surface area contributed by atoms with Gasteiger partial charge < -0.3 is 5.73 Å². The van der Waals surface area contributed by atoms with Crippen LogP contribution < -0.4 is 16.6 Å². The van der Waals surface area contributed by atoms with Crippen LogP contribution in [-0.2, 0) is 0 Å². The van der Waals surface area contributed by atoms with Gasteiger partial charge in [0.2, 0.25) is 0 Å². The number of imide groups is 1. The molecule has 3 rings (SSSR count).